The predicted octanol–water partition coefficient (Wildman–Crippen LogP) is 6.13. The zero-order valence-electron chi connectivity index (χ0n) is 16.8. The van der Waals surface area contributed by atoms with Gasteiger partial charge >= 0.3 is 0 Å². The monoisotopic (exact) mass is 450 g/mol. The van der Waals surface area contributed by atoms with Gasteiger partial charge in [-0.15, -0.1) is 0 Å². The van der Waals surface area contributed by atoms with Gasteiger partial charge in [-0.25, -0.2) is 4.98 Å². The highest BCUT2D eigenvalue weighted by Crippen LogP contribution is 2.37. The molecule has 4 nitrogen and oxygen atoms in total. The van der Waals surface area contributed by atoms with E-state index in [4.69, 9.17) is 27.9 Å². The third-order valence-corrected chi connectivity index (χ3v) is 5.49. The van der Waals surface area contributed by atoms with E-state index < -0.39 is 0 Å². The lowest BCUT2D eigenvalue weighted by Crippen LogP contribution is -2.33. The highest BCUT2D eigenvalue weighted by Gasteiger charge is 2.19. The Morgan fingerprint density at radius 1 is 0.935 bits per heavy atom. The van der Waals surface area contributed by atoms with Gasteiger partial charge < -0.3 is 10.1 Å². The van der Waals surface area contributed by atoms with Crippen LogP contribution < -0.4 is 10.1 Å². The maximum atomic E-state index is 12.8. The zero-order valence-corrected chi connectivity index (χ0v) is 18.3. The van der Waals surface area contributed by atoms with Gasteiger partial charge in [-0.1, -0.05) is 83.9 Å². The lowest BCUT2D eigenvalue weighted by atomic mass is 9.99. The molecule has 0 aliphatic carbocycles. The molecule has 4 rings (SSSR count). The summed E-state index contributed by atoms with van der Waals surface area (Å²) in [5, 5.41) is 4.57. The van der Waals surface area contributed by atoms with E-state index in [1.807, 2.05) is 79.7 Å². The number of hydrogen-bond donors (Lipinski definition) is 1. The maximum absolute atomic E-state index is 12.8. The Morgan fingerprint density at radius 2 is 1.55 bits per heavy atom. The molecule has 0 unspecified atom stereocenters. The number of ether oxygens (including phenoxy) is 1. The first-order chi connectivity index (χ1) is 15.0. The Bertz CT molecular complexity index is 1180. The van der Waals surface area contributed by atoms with Crippen molar-refractivity contribution >= 4 is 40.0 Å². The average Bonchev–Trinajstić information content (AvgIpc) is 2.78. The summed E-state index contributed by atoms with van der Waals surface area (Å²) < 4.78 is 5.83. The van der Waals surface area contributed by atoms with Gasteiger partial charge in [-0.2, -0.15) is 0 Å². The number of carbonyl (C=O) groups excluding carboxylic acids is 1. The molecule has 0 aliphatic rings. The fourth-order valence-electron chi connectivity index (χ4n) is 3.42. The summed E-state index contributed by atoms with van der Waals surface area (Å²) >= 11 is 12.7. The summed E-state index contributed by atoms with van der Waals surface area (Å²) in [6.45, 7) is 1.66. The number of halogens is 2. The van der Waals surface area contributed by atoms with E-state index >= 15 is 0 Å². The Kier molecular flexibility index (Phi) is 6.40. The third-order valence-electron chi connectivity index (χ3n) is 4.90. The zero-order chi connectivity index (χ0) is 21.8. The number of carbonyl (C=O) groups is 1. The van der Waals surface area contributed by atoms with E-state index in [0.717, 1.165) is 22.2 Å². The van der Waals surface area contributed by atoms with E-state index in [2.05, 4.69) is 10.3 Å². The van der Waals surface area contributed by atoms with Crippen molar-refractivity contribution in [2.45, 2.75) is 13.0 Å². The molecule has 1 amide bonds. The van der Waals surface area contributed by atoms with E-state index in [1.54, 1.807) is 6.07 Å². The van der Waals surface area contributed by atoms with Crippen molar-refractivity contribution in [1.82, 2.24) is 10.3 Å². The number of benzene rings is 3. The largest absolute Gasteiger partial charge is 0.480 e. The van der Waals surface area contributed by atoms with E-state index in [9.17, 15) is 4.79 Å². The molecule has 6 heteroatoms. The first-order valence-electron chi connectivity index (χ1n) is 9.80. The van der Waals surface area contributed by atoms with Gasteiger partial charge in [0.2, 0.25) is 0 Å². The molecule has 0 radical (unpaired) electrons. The van der Waals surface area contributed by atoms with Crippen molar-refractivity contribution in [2.24, 2.45) is 0 Å². The van der Waals surface area contributed by atoms with Crippen molar-refractivity contribution in [1.29, 1.82) is 0 Å². The van der Waals surface area contributed by atoms with Crippen LogP contribution in [0.3, 0.4) is 0 Å². The lowest BCUT2D eigenvalue weighted by Gasteiger charge is -2.20. The highest BCUT2D eigenvalue weighted by atomic mass is 35.5. The van der Waals surface area contributed by atoms with Crippen LogP contribution in [0.5, 0.6) is 5.75 Å². The van der Waals surface area contributed by atoms with E-state index in [1.165, 1.54) is 0 Å². The molecule has 0 atom stereocenters. The van der Waals surface area contributed by atoms with Crippen LogP contribution in [0, 0.1) is 6.92 Å². The summed E-state index contributed by atoms with van der Waals surface area (Å²) in [4.78, 5) is 17.3. The van der Waals surface area contributed by atoms with Crippen LogP contribution in [-0.4, -0.2) is 17.5 Å². The molecular formula is C25H20Cl2N2O2. The SMILES string of the molecule is Cc1ccc2c(Cl)cc(Cl)c(OCC(=O)NC(c3ccccc3)c3ccccc3)c2n1. The lowest BCUT2D eigenvalue weighted by molar-refractivity contribution is -0.123. The normalized spacial score (nSPS) is 11.0. The minimum atomic E-state index is -0.295. The van der Waals surface area contributed by atoms with Gasteiger partial charge in [0.1, 0.15) is 5.52 Å². The van der Waals surface area contributed by atoms with Crippen LogP contribution in [0.25, 0.3) is 10.9 Å². The molecular weight excluding hydrogens is 431 g/mol. The van der Waals surface area contributed by atoms with Crippen molar-refractivity contribution in [3.8, 4) is 5.75 Å². The molecule has 1 heterocycles. The number of pyridine rings is 1. The molecule has 0 aliphatic heterocycles. The Morgan fingerprint density at radius 3 is 2.16 bits per heavy atom. The molecule has 1 N–H and O–H groups in total. The Labute approximate surface area is 190 Å². The molecule has 0 saturated carbocycles. The van der Waals surface area contributed by atoms with Gasteiger partial charge in [0.05, 0.1) is 16.1 Å². The first-order valence-corrected chi connectivity index (χ1v) is 10.6. The quantitative estimate of drug-likeness (QED) is 0.384. The third kappa shape index (κ3) is 4.82. The number of aryl methyl sites for hydroxylation is 1. The van der Waals surface area contributed by atoms with Crippen molar-refractivity contribution in [2.75, 3.05) is 6.61 Å². The van der Waals surface area contributed by atoms with Gasteiger partial charge in [0.15, 0.2) is 12.4 Å². The number of aromatic nitrogens is 1. The van der Waals surface area contributed by atoms with Crippen LogP contribution in [0.1, 0.15) is 22.9 Å². The number of nitrogens with one attached hydrogen (secondary N) is 1. The maximum Gasteiger partial charge on any atom is 0.258 e. The van der Waals surface area contributed by atoms with Crippen LogP contribution in [0.15, 0.2) is 78.9 Å². The van der Waals surface area contributed by atoms with Crippen molar-refractivity contribution < 1.29 is 9.53 Å². The van der Waals surface area contributed by atoms with Crippen LogP contribution in [0.2, 0.25) is 10.0 Å². The summed E-state index contributed by atoms with van der Waals surface area (Å²) in [5.74, 6) is 0.0698. The fourth-order valence-corrected chi connectivity index (χ4v) is 3.99. The minimum Gasteiger partial charge on any atom is -0.480 e. The van der Waals surface area contributed by atoms with E-state index in [0.29, 0.717) is 21.3 Å². The molecule has 31 heavy (non-hydrogen) atoms. The van der Waals surface area contributed by atoms with Crippen LogP contribution >= 0.6 is 23.2 Å². The molecule has 4 aromatic rings. The smallest absolute Gasteiger partial charge is 0.258 e. The Hall–Kier alpha value is -3.08. The molecule has 156 valence electrons. The standard InChI is InChI=1S/C25H20Cl2N2O2/c1-16-12-13-19-20(26)14-21(27)25(24(19)28-16)31-15-22(30)29-23(17-8-4-2-5-9-17)18-10-6-3-7-11-18/h2-14,23H,15H2,1H3,(H,29,30). The molecule has 1 aromatic heterocycles. The van der Waals surface area contributed by atoms with Crippen molar-refractivity contribution in [3.63, 3.8) is 0 Å². The first kappa shape index (κ1) is 21.2. The van der Waals surface area contributed by atoms with Crippen molar-refractivity contribution in [3.05, 3.63) is 106 Å². The summed E-state index contributed by atoms with van der Waals surface area (Å²) in [6.07, 6.45) is 0. The summed E-state index contributed by atoms with van der Waals surface area (Å²) in [6, 6.07) is 24.6. The number of nitrogens with zero attached hydrogens (tertiary/aromatic N) is 1. The Balaban J connectivity index is 1.57. The second-order valence-electron chi connectivity index (χ2n) is 7.13. The second kappa shape index (κ2) is 9.38. The molecule has 0 bridgehead atoms. The van der Waals surface area contributed by atoms with Gasteiger partial charge in [-0.05, 0) is 36.2 Å². The van der Waals surface area contributed by atoms with Gasteiger partial charge in [-0.3, -0.25) is 4.79 Å². The second-order valence-corrected chi connectivity index (χ2v) is 7.94. The van der Waals surface area contributed by atoms with E-state index in [-0.39, 0.29) is 18.6 Å². The number of fused-ring (bicyclic) bond motifs is 1. The number of rotatable bonds is 6. The number of hydrogen-bond acceptors (Lipinski definition) is 3. The highest BCUT2D eigenvalue weighted by molar-refractivity contribution is 6.39. The molecule has 0 fully saturated rings. The molecule has 3 aromatic carbocycles. The average molecular weight is 451 g/mol. The summed E-state index contributed by atoms with van der Waals surface area (Å²) in [7, 11) is 0. The van der Waals surface area contributed by atoms with Crippen LogP contribution in [0.4, 0.5) is 0 Å². The van der Waals surface area contributed by atoms with Gasteiger partial charge in [0, 0.05) is 11.1 Å². The summed E-state index contributed by atoms with van der Waals surface area (Å²) in [5.41, 5.74) is 3.30. The molecule has 0 spiro atoms. The number of amides is 1. The van der Waals surface area contributed by atoms with Gasteiger partial charge in [0.25, 0.3) is 5.91 Å². The minimum absolute atomic E-state index is 0.206. The molecule has 0 saturated heterocycles. The predicted molar refractivity (Wildman–Crippen MR) is 125 cm³/mol. The fraction of sp³-hybridized carbons (Fsp3) is 0.120. The van der Waals surface area contributed by atoms with Crippen LogP contribution in [-0.2, 0) is 4.79 Å². The topological polar surface area (TPSA) is 51.2 Å².